The molecule has 1 rings (SSSR count). The van der Waals surface area contributed by atoms with E-state index in [0.717, 1.165) is 24.5 Å². The minimum absolute atomic E-state index is 0.338. The summed E-state index contributed by atoms with van der Waals surface area (Å²) < 4.78 is 1.82. The summed E-state index contributed by atoms with van der Waals surface area (Å²) in [6, 6.07) is 0. The van der Waals surface area contributed by atoms with Crippen LogP contribution in [-0.4, -0.2) is 14.8 Å². The summed E-state index contributed by atoms with van der Waals surface area (Å²) in [5.41, 5.74) is 5.97. The van der Waals surface area contributed by atoms with Gasteiger partial charge in [-0.3, -0.25) is 4.68 Å². The molecular formula is C11H22N4. The van der Waals surface area contributed by atoms with E-state index in [1.54, 1.807) is 0 Å². The molecule has 86 valence electrons. The summed E-state index contributed by atoms with van der Waals surface area (Å²) >= 11 is 0. The Morgan fingerprint density at radius 1 is 1.33 bits per heavy atom. The number of rotatable bonds is 4. The van der Waals surface area contributed by atoms with E-state index in [1.165, 1.54) is 0 Å². The molecule has 0 saturated carbocycles. The van der Waals surface area contributed by atoms with E-state index in [2.05, 4.69) is 37.8 Å². The van der Waals surface area contributed by atoms with Crippen molar-refractivity contribution in [1.82, 2.24) is 14.8 Å². The number of aryl methyl sites for hydroxylation is 1. The first-order valence-electron chi connectivity index (χ1n) is 5.65. The molecule has 0 aliphatic heterocycles. The Morgan fingerprint density at radius 2 is 1.87 bits per heavy atom. The zero-order valence-electron chi connectivity index (χ0n) is 10.4. The van der Waals surface area contributed by atoms with Crippen LogP contribution < -0.4 is 5.73 Å². The molecular weight excluding hydrogens is 188 g/mol. The van der Waals surface area contributed by atoms with Crippen molar-refractivity contribution in [2.45, 2.75) is 52.0 Å². The number of aromatic nitrogens is 3. The monoisotopic (exact) mass is 210 g/mol. The lowest BCUT2D eigenvalue weighted by atomic mass is 9.93. The number of hydrogen-bond donors (Lipinski definition) is 1. The summed E-state index contributed by atoms with van der Waals surface area (Å²) in [7, 11) is 1.92. The lowest BCUT2D eigenvalue weighted by Gasteiger charge is -2.24. The third-order valence-electron chi connectivity index (χ3n) is 3.00. The van der Waals surface area contributed by atoms with Gasteiger partial charge in [0.05, 0.1) is 5.54 Å². The first-order valence-corrected chi connectivity index (χ1v) is 5.65. The molecule has 2 N–H and O–H groups in total. The fraction of sp³-hybridized carbons (Fsp3) is 0.818. The van der Waals surface area contributed by atoms with Gasteiger partial charge >= 0.3 is 0 Å². The molecule has 0 bridgehead atoms. The van der Waals surface area contributed by atoms with Crippen molar-refractivity contribution in [3.05, 3.63) is 11.6 Å². The van der Waals surface area contributed by atoms with Crippen LogP contribution >= 0.6 is 0 Å². The van der Waals surface area contributed by atoms with E-state index in [-0.39, 0.29) is 5.54 Å². The second-order valence-electron chi connectivity index (χ2n) is 4.44. The average Bonchev–Trinajstić information content (AvgIpc) is 2.60. The second kappa shape index (κ2) is 4.31. The molecule has 0 aromatic carbocycles. The molecule has 15 heavy (non-hydrogen) atoms. The van der Waals surface area contributed by atoms with Crippen LogP contribution in [-0.2, 0) is 12.6 Å². The molecule has 0 aliphatic carbocycles. The van der Waals surface area contributed by atoms with Gasteiger partial charge in [0.1, 0.15) is 5.82 Å². The summed E-state index contributed by atoms with van der Waals surface area (Å²) in [6.07, 6.45) is 1.77. The summed E-state index contributed by atoms with van der Waals surface area (Å²) in [5, 5.41) is 4.40. The maximum Gasteiger partial charge on any atom is 0.153 e. The first-order chi connectivity index (χ1) is 6.94. The standard InChI is InChI=1S/C11H22N4/c1-6-11(12,7-2)10-13-9(8(3)4)14-15(10)5/h8H,6-7,12H2,1-5H3. The van der Waals surface area contributed by atoms with Crippen LogP contribution in [0.5, 0.6) is 0 Å². The Balaban J connectivity index is 3.14. The molecule has 0 amide bonds. The van der Waals surface area contributed by atoms with Gasteiger partial charge in [-0.05, 0) is 12.8 Å². The molecule has 1 heterocycles. The highest BCUT2D eigenvalue weighted by molar-refractivity contribution is 5.07. The topological polar surface area (TPSA) is 56.7 Å². The van der Waals surface area contributed by atoms with Crippen molar-refractivity contribution in [1.29, 1.82) is 0 Å². The molecule has 0 fully saturated rings. The number of hydrogen-bond acceptors (Lipinski definition) is 3. The molecule has 1 aromatic heterocycles. The fourth-order valence-corrected chi connectivity index (χ4v) is 1.65. The molecule has 0 atom stereocenters. The van der Waals surface area contributed by atoms with E-state index in [0.29, 0.717) is 5.92 Å². The van der Waals surface area contributed by atoms with E-state index in [1.807, 2.05) is 11.7 Å². The highest BCUT2D eigenvalue weighted by Gasteiger charge is 2.29. The Hall–Kier alpha value is -0.900. The number of nitrogens with two attached hydrogens (primary N) is 1. The Kier molecular flexibility index (Phi) is 3.50. The predicted molar refractivity (Wildman–Crippen MR) is 61.5 cm³/mol. The normalized spacial score (nSPS) is 12.5. The van der Waals surface area contributed by atoms with Crippen LogP contribution in [0.3, 0.4) is 0 Å². The molecule has 0 radical (unpaired) electrons. The minimum atomic E-state index is -0.338. The highest BCUT2D eigenvalue weighted by atomic mass is 15.3. The molecule has 0 aliphatic rings. The van der Waals surface area contributed by atoms with Gasteiger partial charge in [0.2, 0.25) is 0 Å². The van der Waals surface area contributed by atoms with Gasteiger partial charge < -0.3 is 5.73 Å². The Bertz CT molecular complexity index is 323. The van der Waals surface area contributed by atoms with Crippen molar-refractivity contribution in [3.8, 4) is 0 Å². The smallest absolute Gasteiger partial charge is 0.153 e. The van der Waals surface area contributed by atoms with E-state index < -0.39 is 0 Å². The van der Waals surface area contributed by atoms with Crippen LogP contribution in [0.15, 0.2) is 0 Å². The van der Waals surface area contributed by atoms with Crippen LogP contribution in [0.1, 0.15) is 58.1 Å². The van der Waals surface area contributed by atoms with Gasteiger partial charge in [-0.25, -0.2) is 4.98 Å². The van der Waals surface area contributed by atoms with Gasteiger partial charge in [0.15, 0.2) is 5.82 Å². The zero-order chi connectivity index (χ0) is 11.6. The van der Waals surface area contributed by atoms with Crippen LogP contribution in [0.2, 0.25) is 0 Å². The van der Waals surface area contributed by atoms with Crippen molar-refractivity contribution >= 4 is 0 Å². The van der Waals surface area contributed by atoms with E-state index in [9.17, 15) is 0 Å². The van der Waals surface area contributed by atoms with E-state index in [4.69, 9.17) is 5.73 Å². The maximum atomic E-state index is 6.31. The minimum Gasteiger partial charge on any atom is -0.319 e. The van der Waals surface area contributed by atoms with Crippen LogP contribution in [0, 0.1) is 0 Å². The molecule has 4 heteroatoms. The van der Waals surface area contributed by atoms with Crippen molar-refractivity contribution in [3.63, 3.8) is 0 Å². The summed E-state index contributed by atoms with van der Waals surface area (Å²) in [4.78, 5) is 4.55. The van der Waals surface area contributed by atoms with Crippen molar-refractivity contribution < 1.29 is 0 Å². The third-order valence-corrected chi connectivity index (χ3v) is 3.00. The van der Waals surface area contributed by atoms with Crippen LogP contribution in [0.25, 0.3) is 0 Å². The summed E-state index contributed by atoms with van der Waals surface area (Å²) in [5.74, 6) is 2.13. The van der Waals surface area contributed by atoms with Gasteiger partial charge in [-0.15, -0.1) is 0 Å². The average molecular weight is 210 g/mol. The van der Waals surface area contributed by atoms with Crippen molar-refractivity contribution in [2.75, 3.05) is 0 Å². The van der Waals surface area contributed by atoms with Crippen LogP contribution in [0.4, 0.5) is 0 Å². The van der Waals surface area contributed by atoms with Gasteiger partial charge in [-0.2, -0.15) is 5.10 Å². The number of nitrogens with zero attached hydrogens (tertiary/aromatic N) is 3. The third kappa shape index (κ3) is 2.20. The molecule has 0 spiro atoms. The molecule has 1 aromatic rings. The van der Waals surface area contributed by atoms with Crippen molar-refractivity contribution in [2.24, 2.45) is 12.8 Å². The maximum absolute atomic E-state index is 6.31. The fourth-order valence-electron chi connectivity index (χ4n) is 1.65. The first kappa shape index (κ1) is 12.2. The Morgan fingerprint density at radius 3 is 2.20 bits per heavy atom. The van der Waals surface area contributed by atoms with Gasteiger partial charge in [0, 0.05) is 13.0 Å². The molecule has 4 nitrogen and oxygen atoms in total. The lowest BCUT2D eigenvalue weighted by Crippen LogP contribution is -2.38. The second-order valence-corrected chi connectivity index (χ2v) is 4.44. The quantitative estimate of drug-likeness (QED) is 0.826. The summed E-state index contributed by atoms with van der Waals surface area (Å²) in [6.45, 7) is 8.37. The molecule has 0 unspecified atom stereocenters. The van der Waals surface area contributed by atoms with Gasteiger partial charge in [0.25, 0.3) is 0 Å². The lowest BCUT2D eigenvalue weighted by molar-refractivity contribution is 0.370. The SMILES string of the molecule is CCC(N)(CC)c1nc(C(C)C)nn1C. The largest absolute Gasteiger partial charge is 0.319 e. The predicted octanol–water partition coefficient (Wildman–Crippen LogP) is 1.91. The van der Waals surface area contributed by atoms with E-state index >= 15 is 0 Å². The zero-order valence-corrected chi connectivity index (χ0v) is 10.4. The Labute approximate surface area is 91.9 Å². The van der Waals surface area contributed by atoms with Gasteiger partial charge in [-0.1, -0.05) is 27.7 Å². The highest BCUT2D eigenvalue weighted by Crippen LogP contribution is 2.24. The molecule has 0 saturated heterocycles.